The van der Waals surface area contributed by atoms with Gasteiger partial charge >= 0.3 is 5.97 Å². The van der Waals surface area contributed by atoms with Crippen LogP contribution in [0.5, 0.6) is 5.75 Å². The van der Waals surface area contributed by atoms with Crippen LogP contribution >= 0.6 is 0 Å². The SMILES string of the molecule is COc1cccc([C@H]2CN(C(=O)Cn3nccc3C)C[C@@H]2C(=O)O)c1. The van der Waals surface area contributed by atoms with Crippen LogP contribution in [0, 0.1) is 12.8 Å². The molecule has 2 heterocycles. The van der Waals surface area contributed by atoms with Crippen molar-refractivity contribution in [2.45, 2.75) is 19.4 Å². The lowest BCUT2D eigenvalue weighted by atomic mass is 9.89. The van der Waals surface area contributed by atoms with Gasteiger partial charge in [0.2, 0.25) is 5.91 Å². The summed E-state index contributed by atoms with van der Waals surface area (Å²) in [4.78, 5) is 25.9. The van der Waals surface area contributed by atoms with Crippen molar-refractivity contribution in [2.75, 3.05) is 20.2 Å². The Labute approximate surface area is 145 Å². The molecule has 0 saturated carbocycles. The van der Waals surface area contributed by atoms with Crippen molar-refractivity contribution < 1.29 is 19.4 Å². The number of nitrogens with zero attached hydrogens (tertiary/aromatic N) is 3. The average Bonchev–Trinajstić information content (AvgIpc) is 3.22. The van der Waals surface area contributed by atoms with E-state index in [-0.39, 0.29) is 24.9 Å². The van der Waals surface area contributed by atoms with E-state index in [4.69, 9.17) is 4.74 Å². The van der Waals surface area contributed by atoms with Crippen molar-refractivity contribution in [3.05, 3.63) is 47.8 Å². The van der Waals surface area contributed by atoms with Crippen LogP contribution in [0.15, 0.2) is 36.5 Å². The molecule has 1 aromatic heterocycles. The van der Waals surface area contributed by atoms with Gasteiger partial charge in [-0.15, -0.1) is 0 Å². The second kappa shape index (κ2) is 6.96. The van der Waals surface area contributed by atoms with Crippen LogP contribution in [0.4, 0.5) is 0 Å². The number of rotatable bonds is 5. The van der Waals surface area contributed by atoms with E-state index in [1.807, 2.05) is 37.3 Å². The number of carboxylic acid groups (broad SMARTS) is 1. The van der Waals surface area contributed by atoms with Gasteiger partial charge in [0.1, 0.15) is 12.3 Å². The number of methoxy groups -OCH3 is 1. The Hall–Kier alpha value is -2.83. The summed E-state index contributed by atoms with van der Waals surface area (Å²) in [5, 5.41) is 13.7. The minimum atomic E-state index is -0.890. The number of amides is 1. The van der Waals surface area contributed by atoms with Gasteiger partial charge in [-0.2, -0.15) is 5.10 Å². The lowest BCUT2D eigenvalue weighted by Gasteiger charge is -2.17. The number of likely N-dealkylation sites (tertiary alicyclic amines) is 1. The largest absolute Gasteiger partial charge is 0.497 e. The number of carbonyl (C=O) groups excluding carboxylic acids is 1. The van der Waals surface area contributed by atoms with Gasteiger partial charge in [0, 0.05) is 30.9 Å². The molecular formula is C18H21N3O4. The van der Waals surface area contributed by atoms with Crippen molar-refractivity contribution in [3.8, 4) is 5.75 Å². The Morgan fingerprint density at radius 3 is 2.76 bits per heavy atom. The van der Waals surface area contributed by atoms with E-state index < -0.39 is 11.9 Å². The molecule has 0 radical (unpaired) electrons. The third-order valence-corrected chi connectivity index (χ3v) is 4.73. The molecule has 7 nitrogen and oxygen atoms in total. The molecule has 0 aliphatic carbocycles. The molecule has 1 amide bonds. The average molecular weight is 343 g/mol. The van der Waals surface area contributed by atoms with Crippen molar-refractivity contribution in [1.82, 2.24) is 14.7 Å². The number of aromatic nitrogens is 2. The monoisotopic (exact) mass is 343 g/mol. The highest BCUT2D eigenvalue weighted by atomic mass is 16.5. The third kappa shape index (κ3) is 3.50. The van der Waals surface area contributed by atoms with Gasteiger partial charge in [-0.05, 0) is 30.7 Å². The van der Waals surface area contributed by atoms with E-state index in [9.17, 15) is 14.7 Å². The van der Waals surface area contributed by atoms with Crippen LogP contribution in [0.25, 0.3) is 0 Å². The fraction of sp³-hybridized carbons (Fsp3) is 0.389. The molecule has 3 rings (SSSR count). The number of benzene rings is 1. The maximum Gasteiger partial charge on any atom is 0.308 e. The second-order valence-electron chi connectivity index (χ2n) is 6.26. The lowest BCUT2D eigenvalue weighted by molar-refractivity contribution is -0.141. The topological polar surface area (TPSA) is 84.7 Å². The zero-order chi connectivity index (χ0) is 18.0. The summed E-state index contributed by atoms with van der Waals surface area (Å²) < 4.78 is 6.85. The Bertz CT molecular complexity index is 786. The molecule has 0 unspecified atom stereocenters. The highest BCUT2D eigenvalue weighted by molar-refractivity contribution is 5.79. The summed E-state index contributed by atoms with van der Waals surface area (Å²) >= 11 is 0. The quantitative estimate of drug-likeness (QED) is 0.890. The molecule has 2 aromatic rings. The van der Waals surface area contributed by atoms with Gasteiger partial charge in [0.15, 0.2) is 0 Å². The number of carbonyl (C=O) groups is 2. The van der Waals surface area contributed by atoms with Crippen LogP contribution in [0.2, 0.25) is 0 Å². The van der Waals surface area contributed by atoms with Crippen LogP contribution < -0.4 is 4.74 Å². The fourth-order valence-electron chi connectivity index (χ4n) is 3.26. The highest BCUT2D eigenvalue weighted by Gasteiger charge is 2.40. The van der Waals surface area contributed by atoms with Crippen molar-refractivity contribution in [3.63, 3.8) is 0 Å². The Balaban J connectivity index is 1.79. The third-order valence-electron chi connectivity index (χ3n) is 4.73. The second-order valence-corrected chi connectivity index (χ2v) is 6.26. The first-order valence-corrected chi connectivity index (χ1v) is 8.12. The number of aryl methyl sites for hydroxylation is 1. The summed E-state index contributed by atoms with van der Waals surface area (Å²) in [6.07, 6.45) is 1.64. The van der Waals surface area contributed by atoms with Crippen molar-refractivity contribution in [1.29, 1.82) is 0 Å². The molecular weight excluding hydrogens is 322 g/mol. The predicted molar refractivity (Wildman–Crippen MR) is 90.4 cm³/mol. The highest BCUT2D eigenvalue weighted by Crippen LogP contribution is 2.34. The molecule has 25 heavy (non-hydrogen) atoms. The van der Waals surface area contributed by atoms with E-state index in [2.05, 4.69) is 5.10 Å². The number of aliphatic carboxylic acids is 1. The fourth-order valence-corrected chi connectivity index (χ4v) is 3.26. The molecule has 1 fully saturated rings. The van der Waals surface area contributed by atoms with E-state index in [1.165, 1.54) is 0 Å². The molecule has 1 aliphatic rings. The molecule has 7 heteroatoms. The van der Waals surface area contributed by atoms with Crippen molar-refractivity contribution >= 4 is 11.9 Å². The predicted octanol–water partition coefficient (Wildman–Crippen LogP) is 1.53. The van der Waals surface area contributed by atoms with Gasteiger partial charge in [-0.25, -0.2) is 0 Å². The smallest absolute Gasteiger partial charge is 0.308 e. The standard InChI is InChI=1S/C18H21N3O4/c1-12-6-7-19-21(12)11-17(22)20-9-15(16(10-20)18(23)24)13-4-3-5-14(8-13)25-2/h3-8,15-16H,9-11H2,1-2H3,(H,23,24)/t15-,16+/m1/s1. The van der Waals surface area contributed by atoms with Gasteiger partial charge in [0.05, 0.1) is 13.0 Å². The molecule has 1 aromatic carbocycles. The minimum absolute atomic E-state index is 0.121. The van der Waals surface area contributed by atoms with Crippen LogP contribution in [0.3, 0.4) is 0 Å². The Morgan fingerprint density at radius 1 is 1.32 bits per heavy atom. The van der Waals surface area contributed by atoms with Crippen molar-refractivity contribution in [2.24, 2.45) is 5.92 Å². The first kappa shape index (κ1) is 17.0. The molecule has 132 valence electrons. The van der Waals surface area contributed by atoms with E-state index in [0.29, 0.717) is 12.3 Å². The van der Waals surface area contributed by atoms with Gasteiger partial charge in [-0.3, -0.25) is 14.3 Å². The first-order valence-electron chi connectivity index (χ1n) is 8.12. The molecule has 1 saturated heterocycles. The molecule has 2 atom stereocenters. The minimum Gasteiger partial charge on any atom is -0.497 e. The number of hydrogen-bond donors (Lipinski definition) is 1. The Morgan fingerprint density at radius 2 is 2.12 bits per heavy atom. The number of ether oxygens (including phenoxy) is 1. The molecule has 1 aliphatic heterocycles. The zero-order valence-electron chi connectivity index (χ0n) is 14.3. The van der Waals surface area contributed by atoms with Gasteiger partial charge < -0.3 is 14.7 Å². The molecule has 0 bridgehead atoms. The van der Waals surface area contributed by atoms with E-state index in [0.717, 1.165) is 11.3 Å². The maximum absolute atomic E-state index is 12.6. The van der Waals surface area contributed by atoms with Crippen LogP contribution in [-0.2, 0) is 16.1 Å². The zero-order valence-corrected chi connectivity index (χ0v) is 14.3. The normalized spacial score (nSPS) is 19.8. The Kier molecular flexibility index (Phi) is 4.74. The van der Waals surface area contributed by atoms with Gasteiger partial charge in [-0.1, -0.05) is 12.1 Å². The summed E-state index contributed by atoms with van der Waals surface area (Å²) in [6.45, 7) is 2.58. The van der Waals surface area contributed by atoms with E-state index in [1.54, 1.807) is 22.9 Å². The summed E-state index contributed by atoms with van der Waals surface area (Å²) in [6, 6.07) is 9.21. The maximum atomic E-state index is 12.6. The molecule has 1 N–H and O–H groups in total. The summed E-state index contributed by atoms with van der Waals surface area (Å²) in [5.74, 6) is -1.22. The van der Waals surface area contributed by atoms with Crippen LogP contribution in [-0.4, -0.2) is 51.9 Å². The first-order chi connectivity index (χ1) is 12.0. The van der Waals surface area contributed by atoms with Crippen LogP contribution in [0.1, 0.15) is 17.2 Å². The lowest BCUT2D eigenvalue weighted by Crippen LogP contribution is -2.33. The van der Waals surface area contributed by atoms with E-state index >= 15 is 0 Å². The van der Waals surface area contributed by atoms with Gasteiger partial charge in [0.25, 0.3) is 0 Å². The summed E-state index contributed by atoms with van der Waals surface area (Å²) in [5.41, 5.74) is 1.77. The molecule has 0 spiro atoms. The number of carboxylic acids is 1. The summed E-state index contributed by atoms with van der Waals surface area (Å²) in [7, 11) is 1.57. The number of hydrogen-bond acceptors (Lipinski definition) is 4.